The van der Waals surface area contributed by atoms with Crippen LogP contribution in [0.4, 0.5) is 0 Å². The van der Waals surface area contributed by atoms with Gasteiger partial charge in [0, 0.05) is 10.6 Å². The third-order valence-corrected chi connectivity index (χ3v) is 6.63. The number of rotatable bonds is 5. The highest BCUT2D eigenvalue weighted by Crippen LogP contribution is 2.34. The molecule has 0 amide bonds. The van der Waals surface area contributed by atoms with Crippen molar-refractivity contribution in [3.05, 3.63) is 102 Å². The minimum atomic E-state index is -0.734. The highest BCUT2D eigenvalue weighted by Gasteiger charge is 2.34. The van der Waals surface area contributed by atoms with Crippen LogP contribution in [0.25, 0.3) is 12.2 Å². The number of carbonyl (C=O) groups excluding carboxylic acids is 1. The van der Waals surface area contributed by atoms with Crippen LogP contribution in [0.15, 0.2) is 75.7 Å². The lowest BCUT2D eigenvalue weighted by Gasteiger charge is -2.25. The molecule has 33 heavy (non-hydrogen) atoms. The van der Waals surface area contributed by atoms with Crippen LogP contribution in [0.1, 0.15) is 24.1 Å². The number of carbonyl (C=O) groups is 1. The van der Waals surface area contributed by atoms with E-state index in [0.717, 1.165) is 11.3 Å². The summed E-state index contributed by atoms with van der Waals surface area (Å²) in [5.41, 5.74) is 2.04. The Hall–Kier alpha value is -3.42. The number of halogens is 1. The van der Waals surface area contributed by atoms with Gasteiger partial charge < -0.3 is 9.47 Å². The van der Waals surface area contributed by atoms with Gasteiger partial charge in [0.05, 0.1) is 30.0 Å². The van der Waals surface area contributed by atoms with E-state index in [1.807, 2.05) is 36.4 Å². The number of hydrogen-bond donors (Lipinski definition) is 0. The van der Waals surface area contributed by atoms with Crippen LogP contribution in [0.3, 0.4) is 0 Å². The maximum Gasteiger partial charge on any atom is 0.338 e. The molecular formula is C25H21ClN2O4S. The van der Waals surface area contributed by atoms with Gasteiger partial charge in [0.1, 0.15) is 11.8 Å². The zero-order valence-corrected chi connectivity index (χ0v) is 19.8. The first kappa shape index (κ1) is 22.8. The number of esters is 1. The molecule has 0 bridgehead atoms. The first-order valence-corrected chi connectivity index (χ1v) is 11.3. The standard InChI is InChI=1S/C25H21ClN2O4S/c1-15-21(24(30)32-3)22(17-11-5-6-12-18(17)26)28-23(29)20(33-25(28)27-15)14-8-10-16-9-4-7-13-19(16)31-2/h4-14,22H,1-3H3. The summed E-state index contributed by atoms with van der Waals surface area (Å²) in [6, 6.07) is 14.0. The molecule has 1 aliphatic rings. The Morgan fingerprint density at radius 1 is 1.15 bits per heavy atom. The Bertz CT molecular complexity index is 1470. The lowest BCUT2D eigenvalue weighted by atomic mass is 9.96. The van der Waals surface area contributed by atoms with Crippen molar-refractivity contribution in [3.63, 3.8) is 0 Å². The Morgan fingerprint density at radius 2 is 1.88 bits per heavy atom. The summed E-state index contributed by atoms with van der Waals surface area (Å²) < 4.78 is 12.4. The fourth-order valence-corrected chi connectivity index (χ4v) is 4.98. The number of methoxy groups -OCH3 is 2. The molecule has 2 heterocycles. The monoisotopic (exact) mass is 480 g/mol. The van der Waals surface area contributed by atoms with Crippen LogP contribution in [0, 0.1) is 0 Å². The molecule has 0 fully saturated rings. The van der Waals surface area contributed by atoms with Crippen LogP contribution in [0.2, 0.25) is 5.02 Å². The van der Waals surface area contributed by atoms with E-state index >= 15 is 0 Å². The number of aromatic nitrogens is 1. The molecule has 1 aliphatic heterocycles. The van der Waals surface area contributed by atoms with E-state index in [2.05, 4.69) is 4.99 Å². The summed E-state index contributed by atoms with van der Waals surface area (Å²) in [7, 11) is 2.92. The van der Waals surface area contributed by atoms with Crippen molar-refractivity contribution < 1.29 is 14.3 Å². The number of allylic oxidation sites excluding steroid dienone is 2. The van der Waals surface area contributed by atoms with Crippen molar-refractivity contribution in [2.24, 2.45) is 4.99 Å². The van der Waals surface area contributed by atoms with Crippen molar-refractivity contribution in [1.82, 2.24) is 4.57 Å². The summed E-state index contributed by atoms with van der Waals surface area (Å²) in [5.74, 6) is 0.187. The number of thiazole rings is 1. The van der Waals surface area contributed by atoms with Gasteiger partial charge in [-0.1, -0.05) is 71.5 Å². The molecule has 6 nitrogen and oxygen atoms in total. The first-order valence-electron chi connectivity index (χ1n) is 10.1. The quantitative estimate of drug-likeness (QED) is 0.522. The number of ether oxygens (including phenoxy) is 2. The number of para-hydroxylation sites is 1. The molecule has 0 radical (unpaired) electrons. The molecule has 1 unspecified atom stereocenters. The third-order valence-electron chi connectivity index (χ3n) is 5.29. The van der Waals surface area contributed by atoms with Gasteiger partial charge in [-0.3, -0.25) is 9.36 Å². The second-order valence-electron chi connectivity index (χ2n) is 7.22. The Morgan fingerprint density at radius 3 is 2.61 bits per heavy atom. The zero-order valence-electron chi connectivity index (χ0n) is 18.2. The lowest BCUT2D eigenvalue weighted by Crippen LogP contribution is -2.39. The molecule has 168 valence electrons. The molecule has 0 aliphatic carbocycles. The first-order chi connectivity index (χ1) is 16.0. The number of hydrogen-bond acceptors (Lipinski definition) is 6. The van der Waals surface area contributed by atoms with Crippen molar-refractivity contribution >= 4 is 41.1 Å². The highest BCUT2D eigenvalue weighted by atomic mass is 35.5. The Labute approximate surface area is 199 Å². The summed E-state index contributed by atoms with van der Waals surface area (Å²) in [6.07, 6.45) is 5.40. The maximum atomic E-state index is 13.4. The minimum absolute atomic E-state index is 0.262. The van der Waals surface area contributed by atoms with Crippen LogP contribution in [-0.2, 0) is 9.53 Å². The number of nitrogens with zero attached hydrogens (tertiary/aromatic N) is 2. The van der Waals surface area contributed by atoms with Gasteiger partial charge >= 0.3 is 5.97 Å². The molecule has 0 saturated heterocycles. The summed E-state index contributed by atoms with van der Waals surface area (Å²) >= 11 is 7.73. The predicted molar refractivity (Wildman–Crippen MR) is 130 cm³/mol. The SMILES string of the molecule is COC(=O)C1=C(C)N=c2sc(=CC=Cc3ccccc3OC)c(=O)n2C1c1ccccc1Cl. The molecule has 0 spiro atoms. The Kier molecular flexibility index (Phi) is 6.62. The van der Waals surface area contributed by atoms with E-state index in [0.29, 0.717) is 25.6 Å². The summed E-state index contributed by atoms with van der Waals surface area (Å²) in [4.78, 5) is 31.1. The molecule has 4 rings (SSSR count). The van der Waals surface area contributed by atoms with Crippen LogP contribution >= 0.6 is 22.9 Å². The van der Waals surface area contributed by atoms with Crippen LogP contribution in [-0.4, -0.2) is 24.8 Å². The molecule has 8 heteroatoms. The van der Waals surface area contributed by atoms with E-state index in [4.69, 9.17) is 21.1 Å². The van der Waals surface area contributed by atoms with E-state index in [1.54, 1.807) is 44.4 Å². The highest BCUT2D eigenvalue weighted by molar-refractivity contribution is 7.07. The van der Waals surface area contributed by atoms with E-state index in [9.17, 15) is 9.59 Å². The van der Waals surface area contributed by atoms with Gasteiger partial charge in [-0.15, -0.1) is 0 Å². The van der Waals surface area contributed by atoms with E-state index in [-0.39, 0.29) is 11.1 Å². The largest absolute Gasteiger partial charge is 0.496 e. The number of fused-ring (bicyclic) bond motifs is 1. The van der Waals surface area contributed by atoms with E-state index < -0.39 is 12.0 Å². The van der Waals surface area contributed by atoms with Crippen LogP contribution < -0.4 is 19.6 Å². The van der Waals surface area contributed by atoms with Crippen molar-refractivity contribution in [2.75, 3.05) is 14.2 Å². The van der Waals surface area contributed by atoms with Gasteiger partial charge in [-0.05, 0) is 30.7 Å². The van der Waals surface area contributed by atoms with Crippen molar-refractivity contribution in [1.29, 1.82) is 0 Å². The summed E-state index contributed by atoms with van der Waals surface area (Å²) in [5, 5.41) is 0.448. The summed E-state index contributed by atoms with van der Waals surface area (Å²) in [6.45, 7) is 1.73. The second-order valence-corrected chi connectivity index (χ2v) is 8.63. The molecular weight excluding hydrogens is 460 g/mol. The van der Waals surface area contributed by atoms with Gasteiger partial charge in [0.2, 0.25) is 0 Å². The smallest absolute Gasteiger partial charge is 0.338 e. The molecule has 3 aromatic rings. The maximum absolute atomic E-state index is 13.4. The minimum Gasteiger partial charge on any atom is -0.496 e. The average Bonchev–Trinajstić information content (AvgIpc) is 3.13. The predicted octanol–water partition coefficient (Wildman–Crippen LogP) is 3.74. The van der Waals surface area contributed by atoms with Gasteiger partial charge in [-0.2, -0.15) is 0 Å². The lowest BCUT2D eigenvalue weighted by molar-refractivity contribution is -0.136. The fourth-order valence-electron chi connectivity index (χ4n) is 3.74. The van der Waals surface area contributed by atoms with Crippen molar-refractivity contribution in [3.8, 4) is 5.75 Å². The molecule has 1 atom stereocenters. The third kappa shape index (κ3) is 4.29. The van der Waals surface area contributed by atoms with Gasteiger partial charge in [-0.25, -0.2) is 9.79 Å². The van der Waals surface area contributed by atoms with Crippen LogP contribution in [0.5, 0.6) is 5.75 Å². The fraction of sp³-hybridized carbons (Fsp3) is 0.160. The normalized spacial score (nSPS) is 16.0. The Balaban J connectivity index is 1.87. The molecule has 1 aromatic heterocycles. The van der Waals surface area contributed by atoms with Gasteiger partial charge in [0.15, 0.2) is 4.80 Å². The topological polar surface area (TPSA) is 69.9 Å². The average molecular weight is 481 g/mol. The molecule has 0 saturated carbocycles. The number of benzene rings is 2. The molecule has 2 aromatic carbocycles. The van der Waals surface area contributed by atoms with Gasteiger partial charge in [0.25, 0.3) is 5.56 Å². The van der Waals surface area contributed by atoms with E-state index in [1.165, 1.54) is 23.0 Å². The van der Waals surface area contributed by atoms with Crippen molar-refractivity contribution in [2.45, 2.75) is 13.0 Å². The second kappa shape index (κ2) is 9.60. The molecule has 0 N–H and O–H groups in total. The zero-order chi connectivity index (χ0) is 23.5.